The van der Waals surface area contributed by atoms with Crippen molar-refractivity contribution in [2.45, 2.75) is 46.3 Å². The maximum absolute atomic E-state index is 12.6. The van der Waals surface area contributed by atoms with Crippen LogP contribution in [0.4, 0.5) is 0 Å². The van der Waals surface area contributed by atoms with Gasteiger partial charge in [-0.25, -0.2) is 0 Å². The Kier molecular flexibility index (Phi) is 6.87. The molecule has 0 bridgehead atoms. The van der Waals surface area contributed by atoms with Crippen molar-refractivity contribution in [2.24, 2.45) is 0 Å². The molecule has 2 rings (SSSR count). The van der Waals surface area contributed by atoms with Gasteiger partial charge < -0.3 is 14.8 Å². The second-order valence-electron chi connectivity index (χ2n) is 6.01. The molecule has 0 aliphatic heterocycles. The van der Waals surface area contributed by atoms with Gasteiger partial charge in [-0.3, -0.25) is 4.79 Å². The minimum Gasteiger partial charge on any atom is -0.494 e. The van der Waals surface area contributed by atoms with E-state index in [1.165, 1.54) is 0 Å². The highest BCUT2D eigenvalue weighted by molar-refractivity contribution is 5.81. The molecule has 0 aliphatic carbocycles. The van der Waals surface area contributed by atoms with Crippen LogP contribution >= 0.6 is 0 Å². The number of para-hydroxylation sites is 1. The van der Waals surface area contributed by atoms with Gasteiger partial charge in [0.25, 0.3) is 5.91 Å². The van der Waals surface area contributed by atoms with Crippen LogP contribution in [0.1, 0.15) is 44.4 Å². The first kappa shape index (κ1) is 18.8. The van der Waals surface area contributed by atoms with Crippen molar-refractivity contribution in [3.05, 3.63) is 59.7 Å². The number of ether oxygens (including phenoxy) is 2. The first-order valence-corrected chi connectivity index (χ1v) is 8.80. The minimum absolute atomic E-state index is 0.0994. The Morgan fingerprint density at radius 3 is 2.36 bits per heavy atom. The van der Waals surface area contributed by atoms with Gasteiger partial charge in [0.05, 0.1) is 12.6 Å². The van der Waals surface area contributed by atoms with Crippen LogP contribution in [-0.4, -0.2) is 18.6 Å². The molecule has 1 N–H and O–H groups in total. The number of hydrogen-bond acceptors (Lipinski definition) is 3. The highest BCUT2D eigenvalue weighted by Crippen LogP contribution is 2.21. The fourth-order valence-corrected chi connectivity index (χ4v) is 2.57. The Labute approximate surface area is 150 Å². The van der Waals surface area contributed by atoms with E-state index in [0.29, 0.717) is 13.0 Å². The molecule has 0 spiro atoms. The van der Waals surface area contributed by atoms with Crippen LogP contribution in [0, 0.1) is 6.92 Å². The number of nitrogens with one attached hydrogen (secondary N) is 1. The van der Waals surface area contributed by atoms with Gasteiger partial charge in [-0.2, -0.15) is 0 Å². The molecule has 0 heterocycles. The predicted octanol–water partition coefficient (Wildman–Crippen LogP) is 4.43. The molecule has 4 nitrogen and oxygen atoms in total. The molecule has 134 valence electrons. The minimum atomic E-state index is -0.508. The van der Waals surface area contributed by atoms with Crippen LogP contribution in [0.5, 0.6) is 11.5 Å². The standard InChI is InChI=1S/C21H27NO3/c1-5-19(25-20-10-8-7-9-15(20)3)21(23)22-16(4)17-11-13-18(14-12-17)24-6-2/h7-14,16,19H,5-6H2,1-4H3,(H,22,23)/t16-,19-/m0/s1. The largest absolute Gasteiger partial charge is 0.494 e. The van der Waals surface area contributed by atoms with E-state index in [4.69, 9.17) is 9.47 Å². The molecule has 0 fully saturated rings. The van der Waals surface area contributed by atoms with E-state index in [9.17, 15) is 4.79 Å². The third kappa shape index (κ3) is 5.24. The van der Waals surface area contributed by atoms with Crippen molar-refractivity contribution in [2.75, 3.05) is 6.61 Å². The molecule has 0 aliphatic rings. The molecular weight excluding hydrogens is 314 g/mol. The van der Waals surface area contributed by atoms with Crippen LogP contribution in [0.15, 0.2) is 48.5 Å². The Morgan fingerprint density at radius 2 is 1.76 bits per heavy atom. The van der Waals surface area contributed by atoms with Crippen LogP contribution in [0.3, 0.4) is 0 Å². The quantitative estimate of drug-likeness (QED) is 0.773. The van der Waals surface area contributed by atoms with E-state index in [1.807, 2.05) is 76.2 Å². The van der Waals surface area contributed by atoms with Gasteiger partial charge in [0.15, 0.2) is 6.10 Å². The van der Waals surface area contributed by atoms with Crippen molar-refractivity contribution in [3.8, 4) is 11.5 Å². The fraction of sp³-hybridized carbons (Fsp3) is 0.381. The zero-order valence-electron chi connectivity index (χ0n) is 15.4. The average molecular weight is 341 g/mol. The summed E-state index contributed by atoms with van der Waals surface area (Å²) in [6.07, 6.45) is 0.0992. The topological polar surface area (TPSA) is 47.6 Å². The molecule has 0 aromatic heterocycles. The monoisotopic (exact) mass is 341 g/mol. The highest BCUT2D eigenvalue weighted by atomic mass is 16.5. The lowest BCUT2D eigenvalue weighted by Crippen LogP contribution is -2.39. The van der Waals surface area contributed by atoms with Gasteiger partial charge in [-0.1, -0.05) is 37.3 Å². The molecule has 0 saturated carbocycles. The summed E-state index contributed by atoms with van der Waals surface area (Å²) < 4.78 is 11.4. The summed E-state index contributed by atoms with van der Waals surface area (Å²) in [6, 6.07) is 15.4. The summed E-state index contributed by atoms with van der Waals surface area (Å²) in [5, 5.41) is 3.03. The van der Waals surface area contributed by atoms with Crippen LogP contribution in [0.25, 0.3) is 0 Å². The molecule has 4 heteroatoms. The fourth-order valence-electron chi connectivity index (χ4n) is 2.57. The molecule has 0 unspecified atom stereocenters. The van der Waals surface area contributed by atoms with Crippen molar-refractivity contribution in [3.63, 3.8) is 0 Å². The molecule has 2 aromatic rings. The zero-order chi connectivity index (χ0) is 18.2. The Morgan fingerprint density at radius 1 is 1.08 bits per heavy atom. The normalized spacial score (nSPS) is 13.0. The number of benzene rings is 2. The second kappa shape index (κ2) is 9.11. The van der Waals surface area contributed by atoms with Crippen LogP contribution in [-0.2, 0) is 4.79 Å². The summed E-state index contributed by atoms with van der Waals surface area (Å²) >= 11 is 0. The molecule has 0 radical (unpaired) electrons. The number of hydrogen-bond donors (Lipinski definition) is 1. The highest BCUT2D eigenvalue weighted by Gasteiger charge is 2.21. The lowest BCUT2D eigenvalue weighted by Gasteiger charge is -2.21. The lowest BCUT2D eigenvalue weighted by molar-refractivity contribution is -0.128. The summed E-state index contributed by atoms with van der Waals surface area (Å²) in [6.45, 7) is 8.48. The van der Waals surface area contributed by atoms with Crippen molar-refractivity contribution in [1.29, 1.82) is 0 Å². The number of carbonyl (C=O) groups is 1. The van der Waals surface area contributed by atoms with Gasteiger partial charge in [0.2, 0.25) is 0 Å². The van der Waals surface area contributed by atoms with Crippen molar-refractivity contribution < 1.29 is 14.3 Å². The summed E-state index contributed by atoms with van der Waals surface area (Å²) in [5.41, 5.74) is 2.05. The predicted molar refractivity (Wildman–Crippen MR) is 100 cm³/mol. The van der Waals surface area contributed by atoms with Gasteiger partial charge >= 0.3 is 0 Å². The second-order valence-corrected chi connectivity index (χ2v) is 6.01. The van der Waals surface area contributed by atoms with Gasteiger partial charge in [0.1, 0.15) is 11.5 Å². The maximum atomic E-state index is 12.6. The molecule has 1 amide bonds. The average Bonchev–Trinajstić information content (AvgIpc) is 2.61. The van der Waals surface area contributed by atoms with Crippen molar-refractivity contribution in [1.82, 2.24) is 5.32 Å². The van der Waals surface area contributed by atoms with E-state index in [1.54, 1.807) is 0 Å². The molecule has 0 saturated heterocycles. The molecule has 2 aromatic carbocycles. The summed E-state index contributed by atoms with van der Waals surface area (Å²) in [7, 11) is 0. The Balaban J connectivity index is 1.99. The van der Waals surface area contributed by atoms with E-state index in [0.717, 1.165) is 22.6 Å². The Bertz CT molecular complexity index is 682. The van der Waals surface area contributed by atoms with E-state index < -0.39 is 6.10 Å². The van der Waals surface area contributed by atoms with Gasteiger partial charge in [-0.05, 0) is 56.5 Å². The van der Waals surface area contributed by atoms with Crippen LogP contribution in [0.2, 0.25) is 0 Å². The van der Waals surface area contributed by atoms with E-state index >= 15 is 0 Å². The number of rotatable bonds is 8. The SMILES string of the molecule is CCOc1ccc([C@H](C)NC(=O)[C@H](CC)Oc2ccccc2C)cc1. The van der Waals surface area contributed by atoms with E-state index in [2.05, 4.69) is 5.32 Å². The first-order chi connectivity index (χ1) is 12.0. The maximum Gasteiger partial charge on any atom is 0.261 e. The third-order valence-corrected chi connectivity index (χ3v) is 4.08. The lowest BCUT2D eigenvalue weighted by atomic mass is 10.1. The Hall–Kier alpha value is -2.49. The summed E-state index contributed by atoms with van der Waals surface area (Å²) in [4.78, 5) is 12.6. The molecular formula is C21H27NO3. The van der Waals surface area contributed by atoms with Crippen molar-refractivity contribution >= 4 is 5.91 Å². The van der Waals surface area contributed by atoms with Gasteiger partial charge in [-0.15, -0.1) is 0 Å². The molecule has 2 atom stereocenters. The molecule has 25 heavy (non-hydrogen) atoms. The number of carbonyl (C=O) groups excluding carboxylic acids is 1. The number of aryl methyl sites for hydroxylation is 1. The zero-order valence-corrected chi connectivity index (χ0v) is 15.4. The third-order valence-electron chi connectivity index (χ3n) is 4.08. The van der Waals surface area contributed by atoms with E-state index in [-0.39, 0.29) is 11.9 Å². The number of amides is 1. The first-order valence-electron chi connectivity index (χ1n) is 8.80. The van der Waals surface area contributed by atoms with Gasteiger partial charge in [0, 0.05) is 0 Å². The smallest absolute Gasteiger partial charge is 0.261 e. The van der Waals surface area contributed by atoms with Crippen LogP contribution < -0.4 is 14.8 Å². The summed E-state index contributed by atoms with van der Waals surface area (Å²) in [5.74, 6) is 1.48.